The highest BCUT2D eigenvalue weighted by molar-refractivity contribution is 6.00. The summed E-state index contributed by atoms with van der Waals surface area (Å²) >= 11 is 0. The molecule has 2 heterocycles. The zero-order chi connectivity index (χ0) is 11.7. The van der Waals surface area contributed by atoms with Crippen LogP contribution in [0.3, 0.4) is 0 Å². The summed E-state index contributed by atoms with van der Waals surface area (Å²) in [7, 11) is 0. The summed E-state index contributed by atoms with van der Waals surface area (Å²) in [5.74, 6) is 0.0737. The smallest absolute Gasteiger partial charge is 0.253 e. The van der Waals surface area contributed by atoms with Crippen LogP contribution in [-0.4, -0.2) is 25.0 Å². The van der Waals surface area contributed by atoms with Crippen LogP contribution in [0, 0.1) is 0 Å². The van der Waals surface area contributed by atoms with E-state index in [0.29, 0.717) is 6.04 Å². The summed E-state index contributed by atoms with van der Waals surface area (Å²) in [6.45, 7) is 1.89. The summed E-state index contributed by atoms with van der Waals surface area (Å²) in [5, 5.41) is 3.01. The van der Waals surface area contributed by atoms with Crippen molar-refractivity contribution in [2.45, 2.75) is 31.7 Å². The fraction of sp³-hybridized carbons (Fsp3) is 0.500. The predicted octanol–water partition coefficient (Wildman–Crippen LogP) is 2.18. The number of hydrogen-bond acceptors (Lipinski definition) is 2. The number of para-hydroxylation sites is 1. The van der Waals surface area contributed by atoms with Gasteiger partial charge in [-0.25, -0.2) is 0 Å². The molecule has 1 unspecified atom stereocenters. The quantitative estimate of drug-likeness (QED) is 0.741. The first-order chi connectivity index (χ1) is 8.36. The first kappa shape index (κ1) is 10.6. The maximum atomic E-state index is 12.0. The van der Waals surface area contributed by atoms with Crippen molar-refractivity contribution in [3.05, 3.63) is 29.8 Å². The number of rotatable bonds is 0. The first-order valence-electron chi connectivity index (χ1n) is 6.50. The molecule has 3 nitrogen and oxygen atoms in total. The normalized spacial score (nSPS) is 24.1. The van der Waals surface area contributed by atoms with Gasteiger partial charge in [-0.15, -0.1) is 0 Å². The summed E-state index contributed by atoms with van der Waals surface area (Å²) in [5.41, 5.74) is 1.95. The lowest BCUT2D eigenvalue weighted by Crippen LogP contribution is -2.45. The SMILES string of the molecule is O=C1NCCC2CCCCN2c2ccccc21. The van der Waals surface area contributed by atoms with Crippen molar-refractivity contribution in [2.75, 3.05) is 18.0 Å². The van der Waals surface area contributed by atoms with Gasteiger partial charge >= 0.3 is 0 Å². The Bertz CT molecular complexity index is 430. The van der Waals surface area contributed by atoms with E-state index in [2.05, 4.69) is 16.3 Å². The molecular weight excluding hydrogens is 212 g/mol. The van der Waals surface area contributed by atoms with Crippen molar-refractivity contribution in [3.63, 3.8) is 0 Å². The molecule has 1 saturated heterocycles. The molecule has 3 rings (SSSR count). The van der Waals surface area contributed by atoms with Crippen LogP contribution in [-0.2, 0) is 0 Å². The van der Waals surface area contributed by atoms with Gasteiger partial charge in [0.25, 0.3) is 5.91 Å². The van der Waals surface area contributed by atoms with Gasteiger partial charge in [-0.2, -0.15) is 0 Å². The Hall–Kier alpha value is -1.51. The van der Waals surface area contributed by atoms with Gasteiger partial charge in [0.1, 0.15) is 0 Å². The van der Waals surface area contributed by atoms with Gasteiger partial charge in [0.2, 0.25) is 0 Å². The van der Waals surface area contributed by atoms with Crippen LogP contribution in [0.1, 0.15) is 36.0 Å². The molecule has 1 fully saturated rings. The van der Waals surface area contributed by atoms with Gasteiger partial charge in [0, 0.05) is 24.8 Å². The molecule has 3 heteroatoms. The molecule has 1 atom stereocenters. The van der Waals surface area contributed by atoms with Crippen LogP contribution in [0.5, 0.6) is 0 Å². The highest BCUT2D eigenvalue weighted by Crippen LogP contribution is 2.30. The molecule has 1 amide bonds. The largest absolute Gasteiger partial charge is 0.368 e. The Labute approximate surface area is 102 Å². The van der Waals surface area contributed by atoms with Gasteiger partial charge < -0.3 is 10.2 Å². The lowest BCUT2D eigenvalue weighted by Gasteiger charge is -2.39. The van der Waals surface area contributed by atoms with Crippen molar-refractivity contribution in [3.8, 4) is 0 Å². The van der Waals surface area contributed by atoms with E-state index >= 15 is 0 Å². The standard InChI is InChI=1S/C14H18N2O/c17-14-12-6-1-2-7-13(12)16-10-4-3-5-11(16)8-9-15-14/h1-2,6-7,11H,3-5,8-10H2,(H,15,17). The van der Waals surface area contributed by atoms with Crippen molar-refractivity contribution < 1.29 is 4.79 Å². The number of carbonyl (C=O) groups is 1. The fourth-order valence-electron chi connectivity index (χ4n) is 2.98. The van der Waals surface area contributed by atoms with Gasteiger partial charge in [-0.1, -0.05) is 12.1 Å². The molecule has 90 valence electrons. The van der Waals surface area contributed by atoms with Crippen molar-refractivity contribution >= 4 is 11.6 Å². The van der Waals surface area contributed by atoms with Crippen LogP contribution >= 0.6 is 0 Å². The predicted molar refractivity (Wildman–Crippen MR) is 68.4 cm³/mol. The van der Waals surface area contributed by atoms with Gasteiger partial charge in [-0.05, 0) is 37.8 Å². The van der Waals surface area contributed by atoms with Crippen molar-refractivity contribution in [1.29, 1.82) is 0 Å². The van der Waals surface area contributed by atoms with Crippen LogP contribution in [0.4, 0.5) is 5.69 Å². The molecule has 0 spiro atoms. The van der Waals surface area contributed by atoms with E-state index in [9.17, 15) is 4.79 Å². The first-order valence-corrected chi connectivity index (χ1v) is 6.50. The molecule has 1 aromatic carbocycles. The third kappa shape index (κ3) is 1.90. The summed E-state index contributed by atoms with van der Waals surface area (Å²) < 4.78 is 0. The molecule has 1 aromatic rings. The van der Waals surface area contributed by atoms with E-state index in [0.717, 1.165) is 30.8 Å². The Morgan fingerprint density at radius 1 is 1.18 bits per heavy atom. The molecular formula is C14H18N2O. The highest BCUT2D eigenvalue weighted by atomic mass is 16.1. The van der Waals surface area contributed by atoms with Gasteiger partial charge in [0.05, 0.1) is 5.56 Å². The maximum Gasteiger partial charge on any atom is 0.253 e. The zero-order valence-electron chi connectivity index (χ0n) is 9.98. The topological polar surface area (TPSA) is 32.3 Å². The van der Waals surface area contributed by atoms with Crippen LogP contribution in [0.2, 0.25) is 0 Å². The van der Waals surface area contributed by atoms with E-state index in [1.165, 1.54) is 19.3 Å². The second-order valence-corrected chi connectivity index (χ2v) is 4.90. The molecule has 0 radical (unpaired) electrons. The zero-order valence-corrected chi connectivity index (χ0v) is 9.98. The Kier molecular flexibility index (Phi) is 2.75. The second-order valence-electron chi connectivity index (χ2n) is 4.90. The number of nitrogens with zero attached hydrogens (tertiary/aromatic N) is 1. The van der Waals surface area contributed by atoms with Gasteiger partial charge in [-0.3, -0.25) is 4.79 Å². The Morgan fingerprint density at radius 2 is 2.06 bits per heavy atom. The number of fused-ring (bicyclic) bond motifs is 3. The summed E-state index contributed by atoms with van der Waals surface area (Å²) in [4.78, 5) is 14.4. The number of benzene rings is 1. The maximum absolute atomic E-state index is 12.0. The minimum atomic E-state index is 0.0737. The average Bonchev–Trinajstić information content (AvgIpc) is 2.37. The Balaban J connectivity index is 2.04. The Morgan fingerprint density at radius 3 is 3.00 bits per heavy atom. The number of nitrogens with one attached hydrogen (secondary N) is 1. The molecule has 17 heavy (non-hydrogen) atoms. The van der Waals surface area contributed by atoms with E-state index < -0.39 is 0 Å². The van der Waals surface area contributed by atoms with Crippen molar-refractivity contribution in [1.82, 2.24) is 5.32 Å². The molecule has 0 bridgehead atoms. The van der Waals surface area contributed by atoms with E-state index in [4.69, 9.17) is 0 Å². The van der Waals surface area contributed by atoms with Crippen LogP contribution in [0.25, 0.3) is 0 Å². The minimum Gasteiger partial charge on any atom is -0.368 e. The summed E-state index contributed by atoms with van der Waals surface area (Å²) in [6.07, 6.45) is 4.88. The number of amides is 1. The molecule has 1 N–H and O–H groups in total. The molecule has 0 saturated carbocycles. The third-order valence-corrected chi connectivity index (χ3v) is 3.85. The summed E-state index contributed by atoms with van der Waals surface area (Å²) in [6, 6.07) is 8.59. The van der Waals surface area contributed by atoms with Gasteiger partial charge in [0.15, 0.2) is 0 Å². The number of anilines is 1. The molecule has 0 aromatic heterocycles. The third-order valence-electron chi connectivity index (χ3n) is 3.85. The van der Waals surface area contributed by atoms with E-state index in [1.807, 2.05) is 18.2 Å². The van der Waals surface area contributed by atoms with E-state index in [1.54, 1.807) is 0 Å². The lowest BCUT2D eigenvalue weighted by molar-refractivity contribution is 0.0950. The van der Waals surface area contributed by atoms with Crippen molar-refractivity contribution in [2.24, 2.45) is 0 Å². The van der Waals surface area contributed by atoms with E-state index in [-0.39, 0.29) is 5.91 Å². The average molecular weight is 230 g/mol. The monoisotopic (exact) mass is 230 g/mol. The number of hydrogen-bond donors (Lipinski definition) is 1. The number of carbonyl (C=O) groups excluding carboxylic acids is 1. The minimum absolute atomic E-state index is 0.0737. The molecule has 2 aliphatic rings. The fourth-order valence-corrected chi connectivity index (χ4v) is 2.98. The molecule has 0 aliphatic carbocycles. The second kappa shape index (κ2) is 4.40. The van der Waals surface area contributed by atoms with Crippen LogP contribution < -0.4 is 10.2 Å². The molecule has 2 aliphatic heterocycles. The van der Waals surface area contributed by atoms with Crippen LogP contribution in [0.15, 0.2) is 24.3 Å². The highest BCUT2D eigenvalue weighted by Gasteiger charge is 2.27. The number of piperidine rings is 1. The lowest BCUT2D eigenvalue weighted by atomic mass is 9.96.